The second kappa shape index (κ2) is 10.9. The van der Waals surface area contributed by atoms with Crippen molar-refractivity contribution in [3.63, 3.8) is 0 Å². The average Bonchev–Trinajstić information content (AvgIpc) is 2.80. The summed E-state index contributed by atoms with van der Waals surface area (Å²) in [6.07, 6.45) is 0. The Morgan fingerprint density at radius 3 is 2.15 bits per heavy atom. The summed E-state index contributed by atoms with van der Waals surface area (Å²) in [6, 6.07) is 13.5. The third-order valence-corrected chi connectivity index (χ3v) is 5.77. The van der Waals surface area contributed by atoms with E-state index < -0.39 is 16.7 Å². The predicted octanol–water partition coefficient (Wildman–Crippen LogP) is 1.70. The smallest absolute Gasteiger partial charge is 0.313 e. The van der Waals surface area contributed by atoms with Crippen LogP contribution in [0, 0.1) is 10.1 Å². The molecule has 0 aromatic heterocycles. The lowest BCUT2D eigenvalue weighted by atomic mass is 10.0. The lowest BCUT2D eigenvalue weighted by molar-refractivity contribution is -0.384. The maximum absolute atomic E-state index is 12.5. The van der Waals surface area contributed by atoms with Gasteiger partial charge in [-0.05, 0) is 36.9 Å². The van der Waals surface area contributed by atoms with Crippen LogP contribution in [0.2, 0.25) is 0 Å². The van der Waals surface area contributed by atoms with Crippen molar-refractivity contribution in [3.8, 4) is 0 Å². The van der Waals surface area contributed by atoms with Crippen LogP contribution < -0.4 is 15.5 Å². The quantitative estimate of drug-likeness (QED) is 0.372. The molecule has 2 amide bonds. The summed E-state index contributed by atoms with van der Waals surface area (Å²) in [5, 5.41) is 16.0. The second-order valence-electron chi connectivity index (χ2n) is 8.31. The summed E-state index contributed by atoms with van der Waals surface area (Å²) in [5.41, 5.74) is 2.38. The largest absolute Gasteiger partial charge is 0.378 e. The number of non-ortho nitro benzene ring substituents is 1. The average molecular weight is 455 g/mol. The lowest BCUT2D eigenvalue weighted by Gasteiger charge is -2.38. The van der Waals surface area contributed by atoms with Crippen molar-refractivity contribution in [2.24, 2.45) is 0 Å². The van der Waals surface area contributed by atoms with Gasteiger partial charge in [-0.25, -0.2) is 0 Å². The van der Waals surface area contributed by atoms with Crippen LogP contribution in [0.4, 0.5) is 17.1 Å². The summed E-state index contributed by atoms with van der Waals surface area (Å²) in [6.45, 7) is 3.88. The maximum atomic E-state index is 12.5. The zero-order valence-corrected chi connectivity index (χ0v) is 19.2. The van der Waals surface area contributed by atoms with E-state index in [0.717, 1.165) is 37.4 Å². The number of likely N-dealkylation sites (N-methyl/N-ethyl adjacent to an activating group) is 1. The Labute approximate surface area is 193 Å². The number of nitrogens with one attached hydrogen (secondary N) is 2. The number of carbonyl (C=O) groups is 2. The SMILES string of the molecule is CN1CCN(C(CNC(=O)C(=O)Nc2ccc([N+](=O)[O-])cc2)c2ccc(N(C)C)cc2)CC1. The highest BCUT2D eigenvalue weighted by atomic mass is 16.6. The number of anilines is 2. The van der Waals surface area contributed by atoms with Crippen molar-refractivity contribution in [3.05, 3.63) is 64.2 Å². The van der Waals surface area contributed by atoms with Gasteiger partial charge in [0.2, 0.25) is 0 Å². The third-order valence-electron chi connectivity index (χ3n) is 5.77. The first kappa shape index (κ1) is 24.1. The summed E-state index contributed by atoms with van der Waals surface area (Å²) in [4.78, 5) is 41.6. The first-order chi connectivity index (χ1) is 15.7. The molecule has 1 aliphatic heterocycles. The number of hydrogen-bond acceptors (Lipinski definition) is 7. The molecule has 1 aliphatic rings. The van der Waals surface area contributed by atoms with E-state index >= 15 is 0 Å². The van der Waals surface area contributed by atoms with Crippen LogP contribution in [0.3, 0.4) is 0 Å². The Morgan fingerprint density at radius 1 is 1.00 bits per heavy atom. The molecule has 2 aromatic carbocycles. The molecule has 1 unspecified atom stereocenters. The highest BCUT2D eigenvalue weighted by Gasteiger charge is 2.25. The van der Waals surface area contributed by atoms with Crippen LogP contribution in [0.1, 0.15) is 11.6 Å². The number of amides is 2. The number of benzene rings is 2. The van der Waals surface area contributed by atoms with E-state index in [4.69, 9.17) is 0 Å². The minimum absolute atomic E-state index is 0.0639. The number of piperazine rings is 1. The van der Waals surface area contributed by atoms with E-state index in [9.17, 15) is 19.7 Å². The molecule has 0 aliphatic carbocycles. The molecule has 10 heteroatoms. The van der Waals surface area contributed by atoms with Gasteiger partial charge in [-0.1, -0.05) is 12.1 Å². The minimum Gasteiger partial charge on any atom is -0.378 e. The normalized spacial score (nSPS) is 15.5. The van der Waals surface area contributed by atoms with Crippen molar-refractivity contribution < 1.29 is 14.5 Å². The van der Waals surface area contributed by atoms with Gasteiger partial charge in [-0.15, -0.1) is 0 Å². The summed E-state index contributed by atoms with van der Waals surface area (Å²) in [7, 11) is 6.05. The molecular weight excluding hydrogens is 424 g/mol. The molecule has 33 heavy (non-hydrogen) atoms. The number of carbonyl (C=O) groups excluding carboxylic acids is 2. The van der Waals surface area contributed by atoms with Gasteiger partial charge in [-0.2, -0.15) is 0 Å². The number of rotatable bonds is 7. The zero-order chi connectivity index (χ0) is 24.0. The first-order valence-electron chi connectivity index (χ1n) is 10.8. The Balaban J connectivity index is 1.65. The van der Waals surface area contributed by atoms with Crippen molar-refractivity contribution in [1.29, 1.82) is 0 Å². The van der Waals surface area contributed by atoms with E-state index in [1.54, 1.807) is 0 Å². The highest BCUT2D eigenvalue weighted by Crippen LogP contribution is 2.24. The van der Waals surface area contributed by atoms with E-state index in [2.05, 4.69) is 39.6 Å². The molecule has 0 spiro atoms. The fourth-order valence-electron chi connectivity index (χ4n) is 3.71. The van der Waals surface area contributed by atoms with E-state index in [1.807, 2.05) is 31.1 Å². The van der Waals surface area contributed by atoms with Crippen molar-refractivity contribution in [1.82, 2.24) is 15.1 Å². The van der Waals surface area contributed by atoms with Crippen molar-refractivity contribution in [2.75, 3.05) is 64.1 Å². The molecule has 1 heterocycles. The van der Waals surface area contributed by atoms with E-state index in [-0.39, 0.29) is 18.3 Å². The molecule has 10 nitrogen and oxygen atoms in total. The van der Waals surface area contributed by atoms with E-state index in [0.29, 0.717) is 5.69 Å². The highest BCUT2D eigenvalue weighted by molar-refractivity contribution is 6.39. The molecule has 0 bridgehead atoms. The minimum atomic E-state index is -0.816. The standard InChI is InChI=1S/C23H30N6O4/c1-26(2)19-8-4-17(5-9-19)21(28-14-12-27(3)13-15-28)16-24-22(30)23(31)25-18-6-10-20(11-7-18)29(32)33/h4-11,21H,12-16H2,1-3H3,(H,24,30)(H,25,31). The zero-order valence-electron chi connectivity index (χ0n) is 19.2. The second-order valence-corrected chi connectivity index (χ2v) is 8.31. The van der Waals surface area contributed by atoms with Gasteiger partial charge in [0.1, 0.15) is 0 Å². The fraction of sp³-hybridized carbons (Fsp3) is 0.391. The Kier molecular flexibility index (Phi) is 7.96. The van der Waals surface area contributed by atoms with Gasteiger partial charge in [0.15, 0.2) is 0 Å². The van der Waals surface area contributed by atoms with Crippen molar-refractivity contribution in [2.45, 2.75) is 6.04 Å². The number of nitro groups is 1. The summed E-state index contributed by atoms with van der Waals surface area (Å²) >= 11 is 0. The van der Waals surface area contributed by atoms with Crippen LogP contribution >= 0.6 is 0 Å². The van der Waals surface area contributed by atoms with Gasteiger partial charge >= 0.3 is 11.8 Å². The van der Waals surface area contributed by atoms with E-state index in [1.165, 1.54) is 24.3 Å². The molecule has 1 fully saturated rings. The molecule has 0 saturated carbocycles. The Hall–Kier alpha value is -3.50. The molecule has 3 rings (SSSR count). The molecule has 0 radical (unpaired) electrons. The monoisotopic (exact) mass is 454 g/mol. The lowest BCUT2D eigenvalue weighted by Crippen LogP contribution is -2.49. The van der Waals surface area contributed by atoms with Crippen molar-refractivity contribution >= 4 is 28.9 Å². The molecule has 2 N–H and O–H groups in total. The molecule has 1 atom stereocenters. The van der Waals surface area contributed by atoms with Gasteiger partial charge < -0.3 is 20.4 Å². The summed E-state index contributed by atoms with van der Waals surface area (Å²) < 4.78 is 0. The maximum Gasteiger partial charge on any atom is 0.313 e. The number of nitrogens with zero attached hydrogens (tertiary/aromatic N) is 4. The van der Waals surface area contributed by atoms with Crippen LogP contribution in [-0.4, -0.2) is 80.4 Å². The third kappa shape index (κ3) is 6.50. The molecule has 2 aromatic rings. The predicted molar refractivity (Wildman–Crippen MR) is 127 cm³/mol. The fourth-order valence-corrected chi connectivity index (χ4v) is 3.71. The molecule has 176 valence electrons. The number of hydrogen-bond donors (Lipinski definition) is 2. The van der Waals surface area contributed by atoms with Gasteiger partial charge in [0.05, 0.1) is 11.0 Å². The van der Waals surface area contributed by atoms with Crippen LogP contribution in [0.5, 0.6) is 0 Å². The Bertz CT molecular complexity index is 969. The number of nitro benzene ring substituents is 1. The van der Waals surface area contributed by atoms with Crippen LogP contribution in [0.15, 0.2) is 48.5 Å². The van der Waals surface area contributed by atoms with Gasteiger partial charge in [0, 0.05) is 70.3 Å². The first-order valence-corrected chi connectivity index (χ1v) is 10.8. The molecular formula is C23H30N6O4. The van der Waals surface area contributed by atoms with Crippen LogP contribution in [0.25, 0.3) is 0 Å². The molecule has 1 saturated heterocycles. The van der Waals surface area contributed by atoms with Gasteiger partial charge in [-0.3, -0.25) is 24.6 Å². The summed E-state index contributed by atoms with van der Waals surface area (Å²) in [5.74, 6) is -1.57. The van der Waals surface area contributed by atoms with Crippen LogP contribution in [-0.2, 0) is 9.59 Å². The Morgan fingerprint density at radius 2 is 1.61 bits per heavy atom. The van der Waals surface area contributed by atoms with Gasteiger partial charge in [0.25, 0.3) is 5.69 Å². The topological polar surface area (TPSA) is 111 Å².